The monoisotopic (exact) mass is 370 g/mol. The van der Waals surface area contributed by atoms with Crippen molar-refractivity contribution in [3.05, 3.63) is 17.0 Å². The Labute approximate surface area is 140 Å². The molecule has 0 saturated carbocycles. The molecule has 0 spiro atoms. The Hall–Kier alpha value is -0.530. The fourth-order valence-electron chi connectivity index (χ4n) is 1.90. The van der Waals surface area contributed by atoms with Gasteiger partial charge in [-0.25, -0.2) is 4.79 Å². The standard InChI is InChI=1S/C12H13Cl3N2O3S/c13-12(14,15)6-20-11(19)7-3-5-21-10(7)17-9(18)8-2-1-4-16-8/h3,5,8,16H,1-2,4,6H2,(H,17,18)/t8-/m0/s1. The molecule has 1 atom stereocenters. The molecule has 1 fully saturated rings. The van der Waals surface area contributed by atoms with E-state index in [1.165, 1.54) is 11.3 Å². The molecular formula is C12H13Cl3N2O3S. The number of alkyl halides is 3. The van der Waals surface area contributed by atoms with Crippen LogP contribution in [0, 0.1) is 0 Å². The van der Waals surface area contributed by atoms with Crippen LogP contribution in [-0.4, -0.2) is 34.9 Å². The second-order valence-corrected chi connectivity index (χ2v) is 7.93. The second-order valence-electron chi connectivity index (χ2n) is 4.49. The van der Waals surface area contributed by atoms with E-state index in [0.717, 1.165) is 19.4 Å². The van der Waals surface area contributed by atoms with Gasteiger partial charge in [-0.05, 0) is 30.8 Å². The number of amides is 1. The van der Waals surface area contributed by atoms with E-state index >= 15 is 0 Å². The molecule has 9 heteroatoms. The molecule has 0 bridgehead atoms. The van der Waals surface area contributed by atoms with E-state index in [1.54, 1.807) is 11.4 Å². The van der Waals surface area contributed by atoms with E-state index in [4.69, 9.17) is 39.5 Å². The van der Waals surface area contributed by atoms with Crippen molar-refractivity contribution in [2.24, 2.45) is 0 Å². The fraction of sp³-hybridized carbons (Fsp3) is 0.500. The molecule has 1 saturated heterocycles. The Bertz CT molecular complexity index is 524. The van der Waals surface area contributed by atoms with Crippen LogP contribution in [0.2, 0.25) is 0 Å². The van der Waals surface area contributed by atoms with E-state index in [-0.39, 0.29) is 24.1 Å². The Kier molecular flexibility index (Phi) is 5.73. The average molecular weight is 372 g/mol. The summed E-state index contributed by atoms with van der Waals surface area (Å²) in [6.45, 7) is 0.463. The van der Waals surface area contributed by atoms with Gasteiger partial charge >= 0.3 is 5.97 Å². The van der Waals surface area contributed by atoms with Crippen molar-refractivity contribution in [2.75, 3.05) is 18.5 Å². The van der Waals surface area contributed by atoms with E-state index in [9.17, 15) is 9.59 Å². The maximum absolute atomic E-state index is 12.0. The van der Waals surface area contributed by atoms with Gasteiger partial charge in [-0.2, -0.15) is 0 Å². The number of hydrogen-bond donors (Lipinski definition) is 2. The first-order valence-electron chi connectivity index (χ1n) is 6.22. The number of nitrogens with one attached hydrogen (secondary N) is 2. The maximum Gasteiger partial charge on any atom is 0.341 e. The summed E-state index contributed by atoms with van der Waals surface area (Å²) in [7, 11) is 0. The maximum atomic E-state index is 12.0. The summed E-state index contributed by atoms with van der Waals surface area (Å²) in [5.41, 5.74) is 0.251. The summed E-state index contributed by atoms with van der Waals surface area (Å²) in [4.78, 5) is 23.9. The normalized spacial score (nSPS) is 18.5. The van der Waals surface area contributed by atoms with Crippen molar-refractivity contribution < 1.29 is 14.3 Å². The van der Waals surface area contributed by atoms with Gasteiger partial charge in [-0.15, -0.1) is 11.3 Å². The van der Waals surface area contributed by atoms with Crippen LogP contribution in [0.25, 0.3) is 0 Å². The van der Waals surface area contributed by atoms with Crippen LogP contribution in [-0.2, 0) is 9.53 Å². The average Bonchev–Trinajstić information content (AvgIpc) is 3.05. The third kappa shape index (κ3) is 5.00. The lowest BCUT2D eigenvalue weighted by atomic mass is 10.2. The van der Waals surface area contributed by atoms with E-state index < -0.39 is 9.76 Å². The molecule has 1 aromatic heterocycles. The van der Waals surface area contributed by atoms with E-state index in [0.29, 0.717) is 5.00 Å². The van der Waals surface area contributed by atoms with Gasteiger partial charge in [0.25, 0.3) is 0 Å². The van der Waals surface area contributed by atoms with E-state index in [1.807, 2.05) is 0 Å². The van der Waals surface area contributed by atoms with Gasteiger partial charge in [0.15, 0.2) is 0 Å². The van der Waals surface area contributed by atoms with E-state index in [2.05, 4.69) is 10.6 Å². The zero-order valence-electron chi connectivity index (χ0n) is 10.8. The molecule has 0 unspecified atom stereocenters. The predicted molar refractivity (Wildman–Crippen MR) is 84.5 cm³/mol. The Morgan fingerprint density at radius 1 is 1.48 bits per heavy atom. The number of esters is 1. The minimum atomic E-state index is -1.66. The molecule has 5 nitrogen and oxygen atoms in total. The number of anilines is 1. The molecule has 0 radical (unpaired) electrons. The van der Waals surface area contributed by atoms with Gasteiger partial charge in [0.05, 0.1) is 11.6 Å². The summed E-state index contributed by atoms with van der Waals surface area (Å²) in [5, 5.41) is 7.93. The van der Waals surface area contributed by atoms with Crippen LogP contribution < -0.4 is 10.6 Å². The topological polar surface area (TPSA) is 67.4 Å². The van der Waals surface area contributed by atoms with Gasteiger partial charge in [-0.3, -0.25) is 4.79 Å². The fourth-order valence-corrected chi connectivity index (χ4v) is 2.84. The first kappa shape index (κ1) is 16.8. The third-order valence-electron chi connectivity index (χ3n) is 2.87. The zero-order valence-corrected chi connectivity index (χ0v) is 13.9. The van der Waals surface area contributed by atoms with Crippen LogP contribution in [0.15, 0.2) is 11.4 Å². The quantitative estimate of drug-likeness (QED) is 0.631. The lowest BCUT2D eigenvalue weighted by molar-refractivity contribution is -0.117. The molecule has 21 heavy (non-hydrogen) atoms. The number of rotatable bonds is 4. The smallest absolute Gasteiger partial charge is 0.341 e. The molecule has 1 aromatic rings. The lowest BCUT2D eigenvalue weighted by Gasteiger charge is -2.13. The summed E-state index contributed by atoms with van der Waals surface area (Å²) < 4.78 is 3.24. The molecule has 1 aliphatic rings. The Morgan fingerprint density at radius 2 is 2.24 bits per heavy atom. The van der Waals surface area contributed by atoms with Crippen LogP contribution in [0.1, 0.15) is 23.2 Å². The highest BCUT2D eigenvalue weighted by molar-refractivity contribution is 7.14. The van der Waals surface area contributed by atoms with Gasteiger partial charge in [0.1, 0.15) is 11.6 Å². The molecular weight excluding hydrogens is 359 g/mol. The Balaban J connectivity index is 1.97. The number of hydrogen-bond acceptors (Lipinski definition) is 5. The first-order valence-corrected chi connectivity index (χ1v) is 8.24. The summed E-state index contributed by atoms with van der Waals surface area (Å²) in [6.07, 6.45) is 1.74. The van der Waals surface area contributed by atoms with Crippen molar-refractivity contribution in [1.29, 1.82) is 0 Å². The van der Waals surface area contributed by atoms with Gasteiger partial charge in [-0.1, -0.05) is 34.8 Å². The van der Waals surface area contributed by atoms with Gasteiger partial charge in [0, 0.05) is 0 Å². The van der Waals surface area contributed by atoms with Crippen molar-refractivity contribution in [3.63, 3.8) is 0 Å². The highest BCUT2D eigenvalue weighted by Gasteiger charge is 2.26. The van der Waals surface area contributed by atoms with Crippen molar-refractivity contribution in [2.45, 2.75) is 22.7 Å². The highest BCUT2D eigenvalue weighted by atomic mass is 35.6. The zero-order chi connectivity index (χ0) is 15.5. The molecule has 0 aromatic carbocycles. The summed E-state index contributed by atoms with van der Waals surface area (Å²) in [5.74, 6) is -0.803. The molecule has 1 aliphatic heterocycles. The number of carbonyl (C=O) groups excluding carboxylic acids is 2. The van der Waals surface area contributed by atoms with Crippen LogP contribution in [0.5, 0.6) is 0 Å². The second kappa shape index (κ2) is 7.15. The predicted octanol–water partition coefficient (Wildman–Crippen LogP) is 2.97. The lowest BCUT2D eigenvalue weighted by Crippen LogP contribution is -2.35. The number of halogens is 3. The molecule has 2 N–H and O–H groups in total. The highest BCUT2D eigenvalue weighted by Crippen LogP contribution is 2.28. The molecule has 0 aliphatic carbocycles. The number of carbonyl (C=O) groups is 2. The van der Waals surface area contributed by atoms with Crippen molar-refractivity contribution >= 4 is 63.0 Å². The largest absolute Gasteiger partial charge is 0.457 e. The molecule has 2 rings (SSSR count). The number of ether oxygens (including phenoxy) is 1. The first-order chi connectivity index (χ1) is 9.87. The number of thiophene rings is 1. The summed E-state index contributed by atoms with van der Waals surface area (Å²) in [6, 6.07) is 1.33. The van der Waals surface area contributed by atoms with Crippen molar-refractivity contribution in [1.82, 2.24) is 5.32 Å². The molecule has 1 amide bonds. The van der Waals surface area contributed by atoms with Gasteiger partial charge in [0.2, 0.25) is 9.70 Å². The van der Waals surface area contributed by atoms with Crippen LogP contribution in [0.3, 0.4) is 0 Å². The molecule has 2 heterocycles. The SMILES string of the molecule is O=C(OCC(Cl)(Cl)Cl)c1ccsc1NC(=O)[C@@H]1CCCN1. The third-order valence-corrected chi connectivity index (χ3v) is 4.02. The van der Waals surface area contributed by atoms with Crippen molar-refractivity contribution in [3.8, 4) is 0 Å². The Morgan fingerprint density at radius 3 is 2.86 bits per heavy atom. The van der Waals surface area contributed by atoms with Crippen LogP contribution in [0.4, 0.5) is 5.00 Å². The minimum absolute atomic E-state index is 0.162. The summed E-state index contributed by atoms with van der Waals surface area (Å²) >= 11 is 17.8. The van der Waals surface area contributed by atoms with Crippen LogP contribution >= 0.6 is 46.1 Å². The minimum Gasteiger partial charge on any atom is -0.457 e. The molecule has 116 valence electrons. The van der Waals surface area contributed by atoms with Gasteiger partial charge < -0.3 is 15.4 Å².